The van der Waals surface area contributed by atoms with Crippen molar-refractivity contribution in [3.05, 3.63) is 78.3 Å². The quantitative estimate of drug-likeness (QED) is 0.261. The van der Waals surface area contributed by atoms with Crippen LogP contribution in [0.15, 0.2) is 61.1 Å². The van der Waals surface area contributed by atoms with Crippen LogP contribution in [0.4, 0.5) is 17.2 Å². The number of hydrogen-bond acceptors (Lipinski definition) is 10. The molecule has 2 amide bonds. The minimum atomic E-state index is -0.418. The summed E-state index contributed by atoms with van der Waals surface area (Å²) < 4.78 is 5.81. The maximum Gasteiger partial charge on any atom is 0.273 e. The largest absolute Gasteiger partial charge is 0.494 e. The van der Waals surface area contributed by atoms with Crippen LogP contribution in [0.3, 0.4) is 0 Å². The molecule has 1 aliphatic heterocycles. The van der Waals surface area contributed by atoms with Gasteiger partial charge in [-0.05, 0) is 31.0 Å². The number of benzene rings is 1. The number of anilines is 3. The van der Waals surface area contributed by atoms with Gasteiger partial charge in [0.2, 0.25) is 5.91 Å². The molecule has 1 saturated heterocycles. The molecule has 12 nitrogen and oxygen atoms in total. The van der Waals surface area contributed by atoms with E-state index in [-0.39, 0.29) is 29.3 Å². The molecule has 1 saturated carbocycles. The molecule has 214 valence electrons. The second kappa shape index (κ2) is 11.9. The molecule has 12 heteroatoms. The molecule has 0 radical (unpaired) electrons. The molecule has 1 aromatic carbocycles. The minimum Gasteiger partial charge on any atom is -0.494 e. The van der Waals surface area contributed by atoms with Crippen LogP contribution in [0.2, 0.25) is 0 Å². The summed E-state index contributed by atoms with van der Waals surface area (Å²) >= 11 is 0. The molecule has 2 aliphatic rings. The van der Waals surface area contributed by atoms with E-state index >= 15 is 0 Å². The monoisotopic (exact) mass is 565 g/mol. The van der Waals surface area contributed by atoms with Crippen molar-refractivity contribution in [3.63, 3.8) is 0 Å². The van der Waals surface area contributed by atoms with Crippen LogP contribution >= 0.6 is 0 Å². The van der Waals surface area contributed by atoms with Gasteiger partial charge in [0, 0.05) is 74.3 Å². The number of nitrogens with one attached hydrogen (secondary N) is 3. The van der Waals surface area contributed by atoms with Crippen molar-refractivity contribution in [1.82, 2.24) is 35.4 Å². The van der Waals surface area contributed by atoms with E-state index < -0.39 is 5.91 Å². The second-order valence-electron chi connectivity index (χ2n) is 10.4. The van der Waals surface area contributed by atoms with Gasteiger partial charge in [0.05, 0.1) is 24.2 Å². The van der Waals surface area contributed by atoms with Crippen LogP contribution in [0, 0.1) is 5.92 Å². The lowest BCUT2D eigenvalue weighted by Crippen LogP contribution is -2.45. The van der Waals surface area contributed by atoms with Crippen molar-refractivity contribution < 1.29 is 14.3 Å². The third kappa shape index (κ3) is 5.88. The highest BCUT2D eigenvalue weighted by molar-refractivity contribution is 6.00. The van der Waals surface area contributed by atoms with E-state index in [1.165, 1.54) is 7.05 Å². The molecule has 0 atom stereocenters. The van der Waals surface area contributed by atoms with Gasteiger partial charge in [-0.1, -0.05) is 18.2 Å². The van der Waals surface area contributed by atoms with Crippen molar-refractivity contribution in [3.8, 4) is 16.9 Å². The van der Waals surface area contributed by atoms with E-state index in [1.807, 2.05) is 42.6 Å². The van der Waals surface area contributed by atoms with Gasteiger partial charge < -0.3 is 20.7 Å². The number of likely N-dealkylation sites (tertiary alicyclic amines) is 1. The average Bonchev–Trinajstić information content (AvgIpc) is 3.85. The summed E-state index contributed by atoms with van der Waals surface area (Å²) in [5.41, 5.74) is 3.68. The SMILES string of the molecule is CNC(=O)c1nnc(NC(=O)C2CC2)cc1Nc1cccc(-c2cnc(C3CN(Cc4ccccn4)C3)nc2)c1OC. The number of hydrogen-bond donors (Lipinski definition) is 3. The number of carbonyl (C=O) groups excluding carboxylic acids is 2. The van der Waals surface area contributed by atoms with E-state index in [2.05, 4.69) is 46.0 Å². The number of nitrogens with zero attached hydrogens (tertiary/aromatic N) is 6. The first-order chi connectivity index (χ1) is 20.5. The summed E-state index contributed by atoms with van der Waals surface area (Å²) in [4.78, 5) is 40.9. The fourth-order valence-electron chi connectivity index (χ4n) is 4.91. The smallest absolute Gasteiger partial charge is 0.273 e. The molecule has 2 fully saturated rings. The van der Waals surface area contributed by atoms with E-state index in [0.717, 1.165) is 55.1 Å². The molecule has 42 heavy (non-hydrogen) atoms. The third-order valence-electron chi connectivity index (χ3n) is 7.34. The Balaban J connectivity index is 1.20. The Morgan fingerprint density at radius 2 is 1.81 bits per heavy atom. The van der Waals surface area contributed by atoms with Crippen LogP contribution in [0.1, 0.15) is 40.8 Å². The van der Waals surface area contributed by atoms with Gasteiger partial charge in [-0.3, -0.25) is 19.5 Å². The summed E-state index contributed by atoms with van der Waals surface area (Å²) in [5.74, 6) is 1.37. The van der Waals surface area contributed by atoms with Gasteiger partial charge in [0.15, 0.2) is 11.5 Å². The third-order valence-corrected chi connectivity index (χ3v) is 7.34. The molecular formula is C30H31N9O3. The molecule has 1 aliphatic carbocycles. The number of rotatable bonds is 10. The molecule has 3 aromatic heterocycles. The van der Waals surface area contributed by atoms with Crippen LogP contribution in [-0.2, 0) is 11.3 Å². The lowest BCUT2D eigenvalue weighted by Gasteiger charge is -2.38. The summed E-state index contributed by atoms with van der Waals surface area (Å²) in [5, 5.41) is 16.7. The second-order valence-corrected chi connectivity index (χ2v) is 10.4. The summed E-state index contributed by atoms with van der Waals surface area (Å²) in [6.45, 7) is 2.58. The van der Waals surface area contributed by atoms with Gasteiger partial charge in [0.1, 0.15) is 11.6 Å². The van der Waals surface area contributed by atoms with Crippen LogP contribution in [0.25, 0.3) is 11.1 Å². The van der Waals surface area contributed by atoms with Crippen LogP contribution in [-0.4, -0.2) is 69.1 Å². The first-order valence-corrected chi connectivity index (χ1v) is 13.8. The fraction of sp³-hybridized carbons (Fsp3) is 0.300. The number of para-hydroxylation sites is 1. The van der Waals surface area contributed by atoms with Crippen LogP contribution < -0.4 is 20.7 Å². The lowest BCUT2D eigenvalue weighted by molar-refractivity contribution is -0.117. The van der Waals surface area contributed by atoms with Crippen LogP contribution in [0.5, 0.6) is 5.75 Å². The summed E-state index contributed by atoms with van der Waals surface area (Å²) in [6.07, 6.45) is 7.15. The molecule has 6 rings (SSSR count). The maximum absolute atomic E-state index is 12.6. The molecule has 0 spiro atoms. The van der Waals surface area contributed by atoms with Gasteiger partial charge in [-0.15, -0.1) is 10.2 Å². The normalized spacial score (nSPS) is 15.0. The van der Waals surface area contributed by atoms with Crippen molar-refractivity contribution in [1.29, 1.82) is 0 Å². The molecule has 0 unspecified atom stereocenters. The Kier molecular flexibility index (Phi) is 7.69. The maximum atomic E-state index is 12.6. The number of amides is 2. The zero-order valence-electron chi connectivity index (χ0n) is 23.4. The molecule has 0 bridgehead atoms. The van der Waals surface area contributed by atoms with Gasteiger partial charge in [0.25, 0.3) is 5.91 Å². The van der Waals surface area contributed by atoms with E-state index in [9.17, 15) is 9.59 Å². The van der Waals surface area contributed by atoms with Gasteiger partial charge >= 0.3 is 0 Å². The van der Waals surface area contributed by atoms with Crippen molar-refractivity contribution in [2.45, 2.75) is 25.3 Å². The van der Waals surface area contributed by atoms with Crippen molar-refractivity contribution in [2.75, 3.05) is 37.9 Å². The Bertz CT molecular complexity index is 1590. The standard InChI is InChI=1S/C30H31N9O3/c1-31-30(41)26-24(12-25(37-38-26)36-29(40)18-9-10-18)35-23-8-5-7-22(27(23)42-2)19-13-33-28(34-14-19)20-15-39(16-20)17-21-6-3-4-11-32-21/h3-8,11-14,18,20H,9-10,15-17H2,1-2H3,(H,31,41)(H2,35,36,37,40). The highest BCUT2D eigenvalue weighted by Gasteiger charge is 2.31. The minimum absolute atomic E-state index is 0.00188. The first kappa shape index (κ1) is 27.2. The molecule has 4 heterocycles. The number of methoxy groups -OCH3 is 1. The highest BCUT2D eigenvalue weighted by Crippen LogP contribution is 2.38. The summed E-state index contributed by atoms with van der Waals surface area (Å²) in [7, 11) is 3.10. The zero-order chi connectivity index (χ0) is 29.1. The van der Waals surface area contributed by atoms with Gasteiger partial charge in [-0.2, -0.15) is 0 Å². The average molecular weight is 566 g/mol. The molecule has 3 N–H and O–H groups in total. The van der Waals surface area contributed by atoms with Crippen molar-refractivity contribution >= 4 is 29.0 Å². The number of pyridine rings is 1. The van der Waals surface area contributed by atoms with Gasteiger partial charge in [-0.25, -0.2) is 9.97 Å². The predicted octanol–water partition coefficient (Wildman–Crippen LogP) is 3.39. The summed E-state index contributed by atoms with van der Waals surface area (Å²) in [6, 6.07) is 13.2. The predicted molar refractivity (Wildman–Crippen MR) is 156 cm³/mol. The molecular weight excluding hydrogens is 534 g/mol. The van der Waals surface area contributed by atoms with E-state index in [0.29, 0.717) is 17.1 Å². The Morgan fingerprint density at radius 3 is 2.50 bits per heavy atom. The van der Waals surface area contributed by atoms with Crippen molar-refractivity contribution in [2.24, 2.45) is 5.92 Å². The highest BCUT2D eigenvalue weighted by atomic mass is 16.5. The molecule has 4 aromatic rings. The van der Waals surface area contributed by atoms with E-state index in [1.54, 1.807) is 25.6 Å². The zero-order valence-corrected chi connectivity index (χ0v) is 23.4. The number of ether oxygens (including phenoxy) is 1. The Hall–Kier alpha value is -4.97. The first-order valence-electron chi connectivity index (χ1n) is 13.8. The number of carbonyl (C=O) groups is 2. The topological polar surface area (TPSA) is 147 Å². The van der Waals surface area contributed by atoms with E-state index in [4.69, 9.17) is 4.74 Å². The fourth-order valence-corrected chi connectivity index (χ4v) is 4.91. The lowest BCUT2D eigenvalue weighted by atomic mass is 9.98. The number of aromatic nitrogens is 5. The Labute approximate surface area is 243 Å². The Morgan fingerprint density at radius 1 is 1.00 bits per heavy atom.